The molecule has 0 saturated carbocycles. The third-order valence-corrected chi connectivity index (χ3v) is 2.78. The summed E-state index contributed by atoms with van der Waals surface area (Å²) in [5.74, 6) is -0.178. The van der Waals surface area contributed by atoms with E-state index in [1.54, 1.807) is 11.8 Å². The number of nitrogens with two attached hydrogens (primary N) is 1. The molecule has 0 aromatic heterocycles. The maximum atomic E-state index is 11.8. The number of hydrogen-bond acceptors (Lipinski definition) is 3. The van der Waals surface area contributed by atoms with Crippen LogP contribution in [0.4, 0.5) is 0 Å². The molecule has 1 aliphatic heterocycles. The highest BCUT2D eigenvalue weighted by Crippen LogP contribution is 2.18. The quantitative estimate of drug-likeness (QED) is 0.701. The Morgan fingerprint density at radius 2 is 2.25 bits per heavy atom. The van der Waals surface area contributed by atoms with E-state index in [1.165, 1.54) is 0 Å². The molecule has 5 nitrogen and oxygen atoms in total. The molecule has 1 saturated heterocycles. The smallest absolute Gasteiger partial charge is 0.242 e. The predicted molar refractivity (Wildman–Crippen MR) is 61.7 cm³/mol. The summed E-state index contributed by atoms with van der Waals surface area (Å²) in [5.41, 5.74) is 5.56. The highest BCUT2D eigenvalue weighted by molar-refractivity contribution is 5.90. The van der Waals surface area contributed by atoms with Gasteiger partial charge in [0.1, 0.15) is 6.04 Å². The van der Waals surface area contributed by atoms with E-state index in [9.17, 15) is 9.59 Å². The van der Waals surface area contributed by atoms with E-state index in [4.69, 9.17) is 5.73 Å². The van der Waals surface area contributed by atoms with Gasteiger partial charge < -0.3 is 16.0 Å². The molecular weight excluding hydrogens is 206 g/mol. The highest BCUT2D eigenvalue weighted by Gasteiger charge is 2.34. The van der Waals surface area contributed by atoms with Crippen LogP contribution >= 0.6 is 0 Å². The van der Waals surface area contributed by atoms with Crippen LogP contribution in [0.15, 0.2) is 0 Å². The van der Waals surface area contributed by atoms with Crippen molar-refractivity contribution in [2.45, 2.75) is 45.2 Å². The molecule has 92 valence electrons. The first-order valence-corrected chi connectivity index (χ1v) is 5.91. The average molecular weight is 227 g/mol. The van der Waals surface area contributed by atoms with E-state index < -0.39 is 6.04 Å². The van der Waals surface area contributed by atoms with Crippen molar-refractivity contribution in [3.8, 4) is 0 Å². The van der Waals surface area contributed by atoms with Gasteiger partial charge in [0.15, 0.2) is 0 Å². The Kier molecular flexibility index (Phi) is 4.73. The molecule has 0 radical (unpaired) electrons. The lowest BCUT2D eigenvalue weighted by molar-refractivity contribution is -0.139. The minimum absolute atomic E-state index is 0.0478. The minimum Gasteiger partial charge on any atom is -0.354 e. The number of rotatable bonds is 4. The van der Waals surface area contributed by atoms with Gasteiger partial charge in [-0.25, -0.2) is 0 Å². The summed E-state index contributed by atoms with van der Waals surface area (Å²) in [6.45, 7) is 4.96. The standard InChI is InChI=1S/C11H21N3O2/c1-3-6-13-10(15)9-5-4-7-14(9)11(16)8(2)12/h8-9H,3-7,12H2,1-2H3,(H,13,15). The molecule has 3 N–H and O–H groups in total. The van der Waals surface area contributed by atoms with Crippen LogP contribution in [0.2, 0.25) is 0 Å². The second-order valence-corrected chi connectivity index (χ2v) is 4.27. The number of likely N-dealkylation sites (tertiary alicyclic amines) is 1. The number of carbonyl (C=O) groups is 2. The van der Waals surface area contributed by atoms with Crippen LogP contribution in [0.5, 0.6) is 0 Å². The Balaban J connectivity index is 2.58. The summed E-state index contributed by atoms with van der Waals surface area (Å²) < 4.78 is 0. The van der Waals surface area contributed by atoms with E-state index in [0.717, 1.165) is 19.3 Å². The van der Waals surface area contributed by atoms with E-state index in [2.05, 4.69) is 5.32 Å². The SMILES string of the molecule is CCCNC(=O)C1CCCN1C(=O)C(C)N. The monoisotopic (exact) mass is 227 g/mol. The van der Waals surface area contributed by atoms with Gasteiger partial charge in [-0.05, 0) is 26.2 Å². The van der Waals surface area contributed by atoms with E-state index in [0.29, 0.717) is 13.1 Å². The van der Waals surface area contributed by atoms with Crippen molar-refractivity contribution in [2.75, 3.05) is 13.1 Å². The van der Waals surface area contributed by atoms with Crippen molar-refractivity contribution in [3.05, 3.63) is 0 Å². The Bertz CT molecular complexity index is 266. The number of amides is 2. The molecule has 16 heavy (non-hydrogen) atoms. The van der Waals surface area contributed by atoms with Gasteiger partial charge in [0.25, 0.3) is 0 Å². The lowest BCUT2D eigenvalue weighted by atomic mass is 10.2. The molecule has 2 amide bonds. The Morgan fingerprint density at radius 3 is 2.81 bits per heavy atom. The number of hydrogen-bond donors (Lipinski definition) is 2. The maximum absolute atomic E-state index is 11.8. The molecule has 0 spiro atoms. The normalized spacial score (nSPS) is 21.9. The van der Waals surface area contributed by atoms with Crippen molar-refractivity contribution in [2.24, 2.45) is 5.73 Å². The van der Waals surface area contributed by atoms with Crippen molar-refractivity contribution in [1.29, 1.82) is 0 Å². The molecule has 5 heteroatoms. The second-order valence-electron chi connectivity index (χ2n) is 4.27. The zero-order valence-electron chi connectivity index (χ0n) is 10.0. The van der Waals surface area contributed by atoms with Gasteiger partial charge in [0, 0.05) is 13.1 Å². The maximum Gasteiger partial charge on any atom is 0.242 e. The van der Waals surface area contributed by atoms with Crippen LogP contribution in [0, 0.1) is 0 Å². The summed E-state index contributed by atoms with van der Waals surface area (Å²) in [5, 5.41) is 2.82. The highest BCUT2D eigenvalue weighted by atomic mass is 16.2. The van der Waals surface area contributed by atoms with Crippen LogP contribution in [0.1, 0.15) is 33.1 Å². The van der Waals surface area contributed by atoms with Gasteiger partial charge in [-0.3, -0.25) is 9.59 Å². The number of carbonyl (C=O) groups excluding carboxylic acids is 2. The summed E-state index contributed by atoms with van der Waals surface area (Å²) in [6, 6.07) is -0.843. The van der Waals surface area contributed by atoms with Crippen LogP contribution in [-0.2, 0) is 9.59 Å². The topological polar surface area (TPSA) is 75.4 Å². The van der Waals surface area contributed by atoms with Crippen molar-refractivity contribution < 1.29 is 9.59 Å². The van der Waals surface area contributed by atoms with Crippen LogP contribution in [0.25, 0.3) is 0 Å². The summed E-state index contributed by atoms with van der Waals surface area (Å²) >= 11 is 0. The molecule has 1 rings (SSSR count). The molecule has 2 unspecified atom stereocenters. The van der Waals surface area contributed by atoms with Gasteiger partial charge in [-0.15, -0.1) is 0 Å². The largest absolute Gasteiger partial charge is 0.354 e. The van der Waals surface area contributed by atoms with E-state index >= 15 is 0 Å². The fourth-order valence-electron chi connectivity index (χ4n) is 1.93. The van der Waals surface area contributed by atoms with Gasteiger partial charge >= 0.3 is 0 Å². The lowest BCUT2D eigenvalue weighted by Crippen LogP contribution is -2.50. The molecule has 0 aliphatic carbocycles. The van der Waals surface area contributed by atoms with Crippen LogP contribution in [0.3, 0.4) is 0 Å². The lowest BCUT2D eigenvalue weighted by Gasteiger charge is -2.25. The second kappa shape index (κ2) is 5.84. The summed E-state index contributed by atoms with van der Waals surface area (Å²) in [6.07, 6.45) is 2.52. The van der Waals surface area contributed by atoms with E-state index in [-0.39, 0.29) is 17.9 Å². The first-order chi connectivity index (χ1) is 7.57. The molecule has 2 atom stereocenters. The first-order valence-electron chi connectivity index (χ1n) is 5.91. The minimum atomic E-state index is -0.528. The predicted octanol–water partition coefficient (Wildman–Crippen LogP) is -0.149. The first kappa shape index (κ1) is 13.0. The third kappa shape index (κ3) is 2.95. The van der Waals surface area contributed by atoms with E-state index in [1.807, 2.05) is 6.92 Å². The van der Waals surface area contributed by atoms with Gasteiger partial charge in [0.2, 0.25) is 11.8 Å². The molecule has 0 bridgehead atoms. The summed E-state index contributed by atoms with van der Waals surface area (Å²) in [7, 11) is 0. The molecule has 1 heterocycles. The third-order valence-electron chi connectivity index (χ3n) is 2.78. The van der Waals surface area contributed by atoms with Gasteiger partial charge in [-0.1, -0.05) is 6.92 Å². The summed E-state index contributed by atoms with van der Waals surface area (Å²) in [4.78, 5) is 25.2. The Hall–Kier alpha value is -1.10. The zero-order chi connectivity index (χ0) is 12.1. The van der Waals surface area contributed by atoms with Crippen molar-refractivity contribution >= 4 is 11.8 Å². The van der Waals surface area contributed by atoms with Gasteiger partial charge in [0.05, 0.1) is 6.04 Å². The van der Waals surface area contributed by atoms with Gasteiger partial charge in [-0.2, -0.15) is 0 Å². The zero-order valence-corrected chi connectivity index (χ0v) is 10.0. The molecule has 1 aliphatic rings. The Labute approximate surface area is 96.4 Å². The van der Waals surface area contributed by atoms with Crippen LogP contribution in [-0.4, -0.2) is 41.9 Å². The van der Waals surface area contributed by atoms with Crippen LogP contribution < -0.4 is 11.1 Å². The fourth-order valence-corrected chi connectivity index (χ4v) is 1.93. The molecule has 1 fully saturated rings. The fraction of sp³-hybridized carbons (Fsp3) is 0.818. The number of nitrogens with one attached hydrogen (secondary N) is 1. The molecule has 0 aromatic rings. The molecule has 0 aromatic carbocycles. The average Bonchev–Trinajstić information content (AvgIpc) is 2.73. The Morgan fingerprint density at radius 1 is 1.56 bits per heavy atom. The number of nitrogens with zero attached hydrogens (tertiary/aromatic N) is 1. The van der Waals surface area contributed by atoms with Crippen molar-refractivity contribution in [3.63, 3.8) is 0 Å². The molecular formula is C11H21N3O2. The van der Waals surface area contributed by atoms with Crippen molar-refractivity contribution in [1.82, 2.24) is 10.2 Å².